The predicted molar refractivity (Wildman–Crippen MR) is 99.1 cm³/mol. The molecule has 5 heteroatoms. The van der Waals surface area contributed by atoms with Crippen LogP contribution in [0.3, 0.4) is 0 Å². The quantitative estimate of drug-likeness (QED) is 0.786. The van der Waals surface area contributed by atoms with Gasteiger partial charge in [0.15, 0.2) is 0 Å². The van der Waals surface area contributed by atoms with Gasteiger partial charge in [0.1, 0.15) is 0 Å². The van der Waals surface area contributed by atoms with Crippen molar-refractivity contribution in [2.75, 3.05) is 19.0 Å². The Morgan fingerprint density at radius 2 is 1.96 bits per heavy atom. The standard InChI is InChI=1S/C20H21ClN2O2/c1-25-20(24)13-6-4-12(5-7-13)18-15-3-2-10-22-19(15)16-11-14(21)8-9-17(16)23-18/h4-9,11,15,18-19,22-23H,2-3,10H2,1H3/t15-,18+,19-/m1/s1. The number of methoxy groups -OCH3 is 1. The van der Waals surface area contributed by atoms with Crippen molar-refractivity contribution in [2.45, 2.75) is 24.9 Å². The van der Waals surface area contributed by atoms with Crippen molar-refractivity contribution in [3.05, 3.63) is 64.2 Å². The zero-order valence-corrected chi connectivity index (χ0v) is 14.8. The highest BCUT2D eigenvalue weighted by Gasteiger charge is 2.38. The minimum Gasteiger partial charge on any atom is -0.465 e. The lowest BCUT2D eigenvalue weighted by molar-refractivity contribution is 0.0600. The molecule has 0 aliphatic carbocycles. The van der Waals surface area contributed by atoms with Crippen LogP contribution in [0.5, 0.6) is 0 Å². The fraction of sp³-hybridized carbons (Fsp3) is 0.350. The molecule has 0 aromatic heterocycles. The smallest absolute Gasteiger partial charge is 0.337 e. The molecule has 3 atom stereocenters. The summed E-state index contributed by atoms with van der Waals surface area (Å²) in [5, 5.41) is 8.13. The van der Waals surface area contributed by atoms with Crippen LogP contribution in [-0.4, -0.2) is 19.6 Å². The first-order valence-corrected chi connectivity index (χ1v) is 9.03. The summed E-state index contributed by atoms with van der Waals surface area (Å²) in [6.07, 6.45) is 2.32. The molecular formula is C20H21ClN2O2. The maximum atomic E-state index is 11.7. The van der Waals surface area contributed by atoms with E-state index in [1.54, 1.807) is 0 Å². The zero-order valence-electron chi connectivity index (χ0n) is 14.1. The minimum atomic E-state index is -0.305. The van der Waals surface area contributed by atoms with Gasteiger partial charge in [-0.3, -0.25) is 0 Å². The molecule has 2 aromatic carbocycles. The normalized spacial score (nSPS) is 24.6. The summed E-state index contributed by atoms with van der Waals surface area (Å²) in [5.74, 6) is 0.143. The highest BCUT2D eigenvalue weighted by atomic mass is 35.5. The largest absolute Gasteiger partial charge is 0.465 e. The second kappa shape index (κ2) is 6.70. The van der Waals surface area contributed by atoms with E-state index in [4.69, 9.17) is 16.3 Å². The number of anilines is 1. The fourth-order valence-electron chi connectivity index (χ4n) is 4.08. The maximum absolute atomic E-state index is 11.7. The first kappa shape index (κ1) is 16.4. The number of piperidine rings is 1. The van der Waals surface area contributed by atoms with E-state index in [9.17, 15) is 4.79 Å². The summed E-state index contributed by atoms with van der Waals surface area (Å²) in [6.45, 7) is 1.03. The van der Waals surface area contributed by atoms with Crippen LogP contribution in [0.1, 0.15) is 46.4 Å². The highest BCUT2D eigenvalue weighted by Crippen LogP contribution is 2.47. The molecule has 0 bridgehead atoms. The van der Waals surface area contributed by atoms with E-state index in [0.717, 1.165) is 30.1 Å². The molecular weight excluding hydrogens is 336 g/mol. The lowest BCUT2D eigenvalue weighted by Crippen LogP contribution is -2.42. The van der Waals surface area contributed by atoms with Crippen molar-refractivity contribution < 1.29 is 9.53 Å². The Bertz CT molecular complexity index is 791. The summed E-state index contributed by atoms with van der Waals surface area (Å²) < 4.78 is 4.79. The molecule has 2 aliphatic rings. The summed E-state index contributed by atoms with van der Waals surface area (Å²) in [4.78, 5) is 11.7. The monoisotopic (exact) mass is 356 g/mol. The maximum Gasteiger partial charge on any atom is 0.337 e. The molecule has 0 saturated carbocycles. The molecule has 0 spiro atoms. The number of carbonyl (C=O) groups is 1. The first-order chi connectivity index (χ1) is 12.2. The molecule has 4 nitrogen and oxygen atoms in total. The Balaban J connectivity index is 1.69. The van der Waals surface area contributed by atoms with Crippen LogP contribution in [0.25, 0.3) is 0 Å². The number of hydrogen-bond acceptors (Lipinski definition) is 4. The van der Waals surface area contributed by atoms with E-state index in [1.807, 2.05) is 30.3 Å². The van der Waals surface area contributed by atoms with E-state index in [1.165, 1.54) is 18.2 Å². The van der Waals surface area contributed by atoms with Gasteiger partial charge in [-0.05, 0) is 60.8 Å². The third kappa shape index (κ3) is 3.00. The number of carbonyl (C=O) groups excluding carboxylic acids is 1. The minimum absolute atomic E-state index is 0.207. The summed E-state index contributed by atoms with van der Waals surface area (Å²) >= 11 is 6.22. The van der Waals surface area contributed by atoms with E-state index < -0.39 is 0 Å². The average molecular weight is 357 g/mol. The predicted octanol–water partition coefficient (Wildman–Crippen LogP) is 4.33. The lowest BCUT2D eigenvalue weighted by atomic mass is 9.75. The number of nitrogens with one attached hydrogen (secondary N) is 2. The van der Waals surface area contributed by atoms with Crippen molar-refractivity contribution >= 4 is 23.3 Å². The molecule has 1 saturated heterocycles. The average Bonchev–Trinajstić information content (AvgIpc) is 2.67. The van der Waals surface area contributed by atoms with Crippen molar-refractivity contribution in [3.63, 3.8) is 0 Å². The third-order valence-corrected chi connectivity index (χ3v) is 5.52. The number of benzene rings is 2. The zero-order chi connectivity index (χ0) is 17.4. The number of rotatable bonds is 2. The Kier molecular flexibility index (Phi) is 4.40. The molecule has 4 rings (SSSR count). The number of halogens is 1. The number of esters is 1. The van der Waals surface area contributed by atoms with Gasteiger partial charge in [0.05, 0.1) is 18.7 Å². The Morgan fingerprint density at radius 3 is 2.72 bits per heavy atom. The van der Waals surface area contributed by atoms with Gasteiger partial charge >= 0.3 is 5.97 Å². The molecule has 2 heterocycles. The van der Waals surface area contributed by atoms with Crippen LogP contribution in [0.4, 0.5) is 5.69 Å². The molecule has 25 heavy (non-hydrogen) atoms. The van der Waals surface area contributed by atoms with E-state index in [-0.39, 0.29) is 12.0 Å². The number of fused-ring (bicyclic) bond motifs is 3. The van der Waals surface area contributed by atoms with Crippen molar-refractivity contribution in [1.29, 1.82) is 0 Å². The SMILES string of the molecule is COC(=O)c1ccc([C@@H]2Nc3ccc(Cl)cc3[C@@H]3NCCC[C@H]23)cc1. The second-order valence-corrected chi connectivity index (χ2v) is 7.14. The fourth-order valence-corrected chi connectivity index (χ4v) is 4.27. The Labute approximate surface area is 152 Å². The summed E-state index contributed by atoms with van der Waals surface area (Å²) in [7, 11) is 1.40. The van der Waals surface area contributed by atoms with Crippen molar-refractivity contribution in [3.8, 4) is 0 Å². The lowest BCUT2D eigenvalue weighted by Gasteiger charge is -2.44. The molecule has 0 unspecified atom stereocenters. The van der Waals surface area contributed by atoms with Crippen molar-refractivity contribution in [1.82, 2.24) is 5.32 Å². The molecule has 0 amide bonds. The van der Waals surface area contributed by atoms with Gasteiger partial charge in [0.2, 0.25) is 0 Å². The van der Waals surface area contributed by atoms with Crippen LogP contribution in [0.2, 0.25) is 5.02 Å². The van der Waals surface area contributed by atoms with Crippen LogP contribution < -0.4 is 10.6 Å². The van der Waals surface area contributed by atoms with E-state index in [0.29, 0.717) is 17.5 Å². The molecule has 2 N–H and O–H groups in total. The van der Waals surface area contributed by atoms with Gasteiger partial charge in [0.25, 0.3) is 0 Å². The molecule has 1 fully saturated rings. The van der Waals surface area contributed by atoms with Crippen molar-refractivity contribution in [2.24, 2.45) is 5.92 Å². The first-order valence-electron chi connectivity index (χ1n) is 8.65. The van der Waals surface area contributed by atoms with Crippen LogP contribution in [0.15, 0.2) is 42.5 Å². The van der Waals surface area contributed by atoms with Crippen LogP contribution in [-0.2, 0) is 4.74 Å². The molecule has 2 aromatic rings. The number of ether oxygens (including phenoxy) is 1. The van der Waals surface area contributed by atoms with E-state index >= 15 is 0 Å². The van der Waals surface area contributed by atoms with E-state index in [2.05, 4.69) is 22.8 Å². The molecule has 2 aliphatic heterocycles. The van der Waals surface area contributed by atoms with Gasteiger partial charge in [-0.25, -0.2) is 4.79 Å². The highest BCUT2D eigenvalue weighted by molar-refractivity contribution is 6.30. The second-order valence-electron chi connectivity index (χ2n) is 6.71. The summed E-state index contributed by atoms with van der Waals surface area (Å²) in [5.41, 5.74) is 4.14. The Hall–Kier alpha value is -2.04. The topological polar surface area (TPSA) is 50.4 Å². The van der Waals surface area contributed by atoms with Gasteiger partial charge in [-0.2, -0.15) is 0 Å². The molecule has 0 radical (unpaired) electrons. The van der Waals surface area contributed by atoms with Gasteiger partial charge in [-0.1, -0.05) is 23.7 Å². The van der Waals surface area contributed by atoms with Crippen LogP contribution >= 0.6 is 11.6 Å². The van der Waals surface area contributed by atoms with Gasteiger partial charge in [-0.15, -0.1) is 0 Å². The van der Waals surface area contributed by atoms with Gasteiger partial charge in [0, 0.05) is 22.7 Å². The third-order valence-electron chi connectivity index (χ3n) is 5.29. The summed E-state index contributed by atoms with van der Waals surface area (Å²) in [6, 6.07) is 14.3. The van der Waals surface area contributed by atoms with Crippen LogP contribution in [0, 0.1) is 5.92 Å². The molecule has 130 valence electrons. The van der Waals surface area contributed by atoms with Gasteiger partial charge < -0.3 is 15.4 Å². The Morgan fingerprint density at radius 1 is 1.16 bits per heavy atom. The number of hydrogen-bond donors (Lipinski definition) is 2.